The highest BCUT2D eigenvalue weighted by Crippen LogP contribution is 2.09. The van der Waals surface area contributed by atoms with Crippen molar-refractivity contribution in [2.24, 2.45) is 0 Å². The Kier molecular flexibility index (Phi) is 5.42. The second kappa shape index (κ2) is 6.68. The van der Waals surface area contributed by atoms with Crippen LogP contribution in [-0.4, -0.2) is 30.6 Å². The lowest BCUT2D eigenvalue weighted by Crippen LogP contribution is -2.40. The molecular formula is C11H22N2O. The maximum absolute atomic E-state index is 11.6. The van der Waals surface area contributed by atoms with Gasteiger partial charge in [0.25, 0.3) is 0 Å². The molecule has 0 aliphatic carbocycles. The Morgan fingerprint density at radius 3 is 2.43 bits per heavy atom. The molecule has 1 heterocycles. The molecule has 0 unspecified atom stereocenters. The van der Waals surface area contributed by atoms with Gasteiger partial charge in [-0.3, -0.25) is 0 Å². The number of carbonyl (C=O) groups excluding carboxylic acids is 1. The lowest BCUT2D eigenvalue weighted by Gasteiger charge is -2.20. The number of rotatable bonds is 3. The summed E-state index contributed by atoms with van der Waals surface area (Å²) in [5.41, 5.74) is 0. The molecule has 0 aromatic carbocycles. The number of amides is 2. The van der Waals surface area contributed by atoms with E-state index < -0.39 is 0 Å². The van der Waals surface area contributed by atoms with E-state index in [1.165, 1.54) is 25.7 Å². The zero-order chi connectivity index (χ0) is 10.2. The van der Waals surface area contributed by atoms with Gasteiger partial charge in [-0.2, -0.15) is 0 Å². The molecule has 1 saturated heterocycles. The molecule has 0 spiro atoms. The summed E-state index contributed by atoms with van der Waals surface area (Å²) in [5.74, 6) is 0. The molecule has 0 aromatic rings. The molecule has 0 aromatic heterocycles. The SMILES string of the molecule is CCCCNC(=O)N1CCCCCC1. The summed E-state index contributed by atoms with van der Waals surface area (Å²) in [6.45, 7) is 4.85. The number of nitrogens with zero attached hydrogens (tertiary/aromatic N) is 1. The summed E-state index contributed by atoms with van der Waals surface area (Å²) in [6.07, 6.45) is 7.11. The van der Waals surface area contributed by atoms with Crippen LogP contribution in [-0.2, 0) is 0 Å². The Bertz CT molecular complexity index is 163. The van der Waals surface area contributed by atoms with E-state index in [2.05, 4.69) is 12.2 Å². The van der Waals surface area contributed by atoms with Crippen molar-refractivity contribution >= 4 is 6.03 Å². The number of unbranched alkanes of at least 4 members (excludes halogenated alkanes) is 1. The average Bonchev–Trinajstić information content (AvgIpc) is 2.46. The normalized spacial score (nSPS) is 17.6. The smallest absolute Gasteiger partial charge is 0.317 e. The molecule has 14 heavy (non-hydrogen) atoms. The van der Waals surface area contributed by atoms with Crippen molar-refractivity contribution < 1.29 is 4.79 Å². The zero-order valence-corrected chi connectivity index (χ0v) is 9.22. The van der Waals surface area contributed by atoms with Crippen molar-refractivity contribution in [1.82, 2.24) is 10.2 Å². The van der Waals surface area contributed by atoms with Gasteiger partial charge in [-0.1, -0.05) is 26.2 Å². The van der Waals surface area contributed by atoms with Gasteiger partial charge in [-0.05, 0) is 19.3 Å². The van der Waals surface area contributed by atoms with Gasteiger partial charge in [0, 0.05) is 19.6 Å². The fourth-order valence-corrected chi connectivity index (χ4v) is 1.76. The second-order valence-corrected chi connectivity index (χ2v) is 3.99. The van der Waals surface area contributed by atoms with E-state index in [4.69, 9.17) is 0 Å². The quantitative estimate of drug-likeness (QED) is 0.694. The summed E-state index contributed by atoms with van der Waals surface area (Å²) in [7, 11) is 0. The number of urea groups is 1. The van der Waals surface area contributed by atoms with Gasteiger partial charge in [0.15, 0.2) is 0 Å². The molecule has 1 aliphatic heterocycles. The maximum atomic E-state index is 11.6. The van der Waals surface area contributed by atoms with Crippen molar-refractivity contribution in [3.63, 3.8) is 0 Å². The maximum Gasteiger partial charge on any atom is 0.317 e. The molecule has 1 rings (SSSR count). The number of likely N-dealkylation sites (tertiary alicyclic amines) is 1. The molecule has 3 nitrogen and oxygen atoms in total. The molecule has 3 heteroatoms. The van der Waals surface area contributed by atoms with Crippen LogP contribution in [0.1, 0.15) is 45.4 Å². The Hall–Kier alpha value is -0.730. The van der Waals surface area contributed by atoms with E-state index in [0.29, 0.717) is 0 Å². The van der Waals surface area contributed by atoms with E-state index in [9.17, 15) is 4.79 Å². The van der Waals surface area contributed by atoms with Gasteiger partial charge in [-0.25, -0.2) is 4.79 Å². The Balaban J connectivity index is 2.20. The minimum atomic E-state index is 0.139. The highest BCUT2D eigenvalue weighted by atomic mass is 16.2. The van der Waals surface area contributed by atoms with Crippen molar-refractivity contribution in [2.75, 3.05) is 19.6 Å². The highest BCUT2D eigenvalue weighted by molar-refractivity contribution is 5.74. The first-order valence-electron chi connectivity index (χ1n) is 5.87. The van der Waals surface area contributed by atoms with Crippen LogP contribution >= 0.6 is 0 Å². The van der Waals surface area contributed by atoms with E-state index in [1.54, 1.807) is 0 Å². The minimum absolute atomic E-state index is 0.139. The van der Waals surface area contributed by atoms with Crippen LogP contribution in [0.3, 0.4) is 0 Å². The molecule has 1 aliphatic rings. The van der Waals surface area contributed by atoms with Crippen molar-refractivity contribution in [2.45, 2.75) is 45.4 Å². The van der Waals surface area contributed by atoms with Crippen molar-refractivity contribution in [3.05, 3.63) is 0 Å². The first kappa shape index (κ1) is 11.3. The van der Waals surface area contributed by atoms with E-state index in [-0.39, 0.29) is 6.03 Å². The summed E-state index contributed by atoms with van der Waals surface area (Å²) in [6, 6.07) is 0.139. The van der Waals surface area contributed by atoms with Crippen molar-refractivity contribution in [1.29, 1.82) is 0 Å². The first-order chi connectivity index (χ1) is 6.84. The predicted octanol–water partition coefficient (Wildman–Crippen LogP) is 2.37. The molecular weight excluding hydrogens is 176 g/mol. The van der Waals surface area contributed by atoms with Crippen molar-refractivity contribution in [3.8, 4) is 0 Å². The summed E-state index contributed by atoms with van der Waals surface area (Å²) in [5, 5.41) is 2.97. The number of nitrogens with one attached hydrogen (secondary N) is 1. The van der Waals surface area contributed by atoms with E-state index in [1.807, 2.05) is 4.90 Å². The number of hydrogen-bond donors (Lipinski definition) is 1. The monoisotopic (exact) mass is 198 g/mol. The molecule has 0 saturated carbocycles. The fourth-order valence-electron chi connectivity index (χ4n) is 1.76. The molecule has 0 radical (unpaired) electrons. The third kappa shape index (κ3) is 3.99. The molecule has 0 bridgehead atoms. The number of carbonyl (C=O) groups is 1. The standard InChI is InChI=1S/C11H22N2O/c1-2-3-8-12-11(14)13-9-6-4-5-7-10-13/h2-10H2,1H3,(H,12,14). The molecule has 1 fully saturated rings. The average molecular weight is 198 g/mol. The highest BCUT2D eigenvalue weighted by Gasteiger charge is 2.13. The summed E-state index contributed by atoms with van der Waals surface area (Å²) in [4.78, 5) is 13.6. The van der Waals surface area contributed by atoms with Crippen LogP contribution in [0.4, 0.5) is 4.79 Å². The Morgan fingerprint density at radius 2 is 1.86 bits per heavy atom. The van der Waals surface area contributed by atoms with Gasteiger partial charge >= 0.3 is 6.03 Å². The fraction of sp³-hybridized carbons (Fsp3) is 0.909. The minimum Gasteiger partial charge on any atom is -0.338 e. The van der Waals surface area contributed by atoms with Gasteiger partial charge in [0.1, 0.15) is 0 Å². The van der Waals surface area contributed by atoms with Gasteiger partial charge in [-0.15, -0.1) is 0 Å². The lowest BCUT2D eigenvalue weighted by atomic mass is 10.2. The Morgan fingerprint density at radius 1 is 1.21 bits per heavy atom. The molecule has 82 valence electrons. The van der Waals surface area contributed by atoms with E-state index >= 15 is 0 Å². The van der Waals surface area contributed by atoms with Crippen LogP contribution in [0.5, 0.6) is 0 Å². The molecule has 2 amide bonds. The van der Waals surface area contributed by atoms with Crippen LogP contribution in [0.25, 0.3) is 0 Å². The Labute approximate surface area is 86.9 Å². The first-order valence-corrected chi connectivity index (χ1v) is 5.87. The van der Waals surface area contributed by atoms with Gasteiger partial charge < -0.3 is 10.2 Å². The van der Waals surface area contributed by atoms with Crippen LogP contribution in [0.2, 0.25) is 0 Å². The van der Waals surface area contributed by atoms with E-state index in [0.717, 1.165) is 32.5 Å². The summed E-state index contributed by atoms with van der Waals surface area (Å²) >= 11 is 0. The van der Waals surface area contributed by atoms with Crippen LogP contribution in [0, 0.1) is 0 Å². The predicted molar refractivity (Wildman–Crippen MR) is 58.3 cm³/mol. The lowest BCUT2D eigenvalue weighted by molar-refractivity contribution is 0.199. The zero-order valence-electron chi connectivity index (χ0n) is 9.22. The second-order valence-electron chi connectivity index (χ2n) is 3.99. The van der Waals surface area contributed by atoms with Gasteiger partial charge in [0.2, 0.25) is 0 Å². The van der Waals surface area contributed by atoms with Crippen LogP contribution in [0.15, 0.2) is 0 Å². The summed E-state index contributed by atoms with van der Waals surface area (Å²) < 4.78 is 0. The van der Waals surface area contributed by atoms with Crippen LogP contribution < -0.4 is 5.32 Å². The van der Waals surface area contributed by atoms with Gasteiger partial charge in [0.05, 0.1) is 0 Å². The molecule has 0 atom stereocenters. The molecule has 1 N–H and O–H groups in total. The topological polar surface area (TPSA) is 32.3 Å². The third-order valence-electron chi connectivity index (χ3n) is 2.70. The largest absolute Gasteiger partial charge is 0.338 e. The third-order valence-corrected chi connectivity index (χ3v) is 2.70. The number of hydrogen-bond acceptors (Lipinski definition) is 1.